The molecule has 0 spiro atoms. The number of carbonyl (C=O) groups is 1. The van der Waals surface area contributed by atoms with E-state index in [1.807, 2.05) is 55.5 Å². The number of para-hydroxylation sites is 1. The van der Waals surface area contributed by atoms with Gasteiger partial charge < -0.3 is 20.1 Å². The number of rotatable bonds is 9. The predicted molar refractivity (Wildman–Crippen MR) is 95.6 cm³/mol. The minimum atomic E-state index is -0.000609. The van der Waals surface area contributed by atoms with Crippen LogP contribution in [0, 0.1) is 0 Å². The molecule has 0 aliphatic heterocycles. The van der Waals surface area contributed by atoms with E-state index in [4.69, 9.17) is 9.47 Å². The van der Waals surface area contributed by atoms with Crippen LogP contribution in [0.2, 0.25) is 0 Å². The largest absolute Gasteiger partial charge is 0.496 e. The lowest BCUT2D eigenvalue weighted by Gasteiger charge is -2.10. The minimum Gasteiger partial charge on any atom is -0.496 e. The Hall–Kier alpha value is -2.69. The lowest BCUT2D eigenvalue weighted by atomic mass is 10.2. The molecule has 0 bridgehead atoms. The molecule has 24 heavy (non-hydrogen) atoms. The molecule has 2 N–H and O–H groups in total. The average molecular weight is 328 g/mol. The van der Waals surface area contributed by atoms with Gasteiger partial charge in [-0.25, -0.2) is 0 Å². The molecule has 0 saturated heterocycles. The van der Waals surface area contributed by atoms with E-state index in [1.165, 1.54) is 0 Å². The molecule has 128 valence electrons. The number of amides is 1. The van der Waals surface area contributed by atoms with Gasteiger partial charge >= 0.3 is 0 Å². The normalized spacial score (nSPS) is 10.1. The van der Waals surface area contributed by atoms with Crippen LogP contribution in [0.15, 0.2) is 48.5 Å². The number of anilines is 1. The molecule has 2 aromatic carbocycles. The van der Waals surface area contributed by atoms with E-state index >= 15 is 0 Å². The van der Waals surface area contributed by atoms with Gasteiger partial charge in [-0.1, -0.05) is 18.2 Å². The molecule has 0 radical (unpaired) electrons. The monoisotopic (exact) mass is 328 g/mol. The highest BCUT2D eigenvalue weighted by Gasteiger charge is 2.05. The minimum absolute atomic E-state index is 0.000609. The molecule has 2 aromatic rings. The average Bonchev–Trinajstić information content (AvgIpc) is 2.62. The Morgan fingerprint density at radius 2 is 1.83 bits per heavy atom. The van der Waals surface area contributed by atoms with E-state index in [9.17, 15) is 4.79 Å². The van der Waals surface area contributed by atoms with Gasteiger partial charge in [0.2, 0.25) is 5.91 Å². The summed E-state index contributed by atoms with van der Waals surface area (Å²) in [5.74, 6) is 1.63. The summed E-state index contributed by atoms with van der Waals surface area (Å²) in [5, 5.41) is 6.13. The maximum Gasteiger partial charge on any atom is 0.222 e. The second-order valence-electron chi connectivity index (χ2n) is 5.22. The summed E-state index contributed by atoms with van der Waals surface area (Å²) in [4.78, 5) is 11.9. The van der Waals surface area contributed by atoms with Gasteiger partial charge in [0.15, 0.2) is 0 Å². The van der Waals surface area contributed by atoms with Crippen molar-refractivity contribution in [3.05, 3.63) is 54.1 Å². The van der Waals surface area contributed by atoms with Crippen LogP contribution in [0.25, 0.3) is 0 Å². The third-order valence-electron chi connectivity index (χ3n) is 3.52. The van der Waals surface area contributed by atoms with Crippen LogP contribution in [0.4, 0.5) is 5.69 Å². The van der Waals surface area contributed by atoms with Crippen molar-refractivity contribution in [2.45, 2.75) is 19.9 Å². The zero-order chi connectivity index (χ0) is 17.2. The van der Waals surface area contributed by atoms with Crippen molar-refractivity contribution in [1.82, 2.24) is 5.32 Å². The van der Waals surface area contributed by atoms with E-state index < -0.39 is 0 Å². The zero-order valence-corrected chi connectivity index (χ0v) is 14.2. The van der Waals surface area contributed by atoms with E-state index in [-0.39, 0.29) is 5.91 Å². The smallest absolute Gasteiger partial charge is 0.222 e. The van der Waals surface area contributed by atoms with Crippen molar-refractivity contribution in [2.24, 2.45) is 0 Å². The number of hydrogen-bond donors (Lipinski definition) is 2. The second-order valence-corrected chi connectivity index (χ2v) is 5.22. The van der Waals surface area contributed by atoms with Gasteiger partial charge in [0.05, 0.1) is 13.7 Å². The Kier molecular flexibility index (Phi) is 6.95. The van der Waals surface area contributed by atoms with Crippen LogP contribution < -0.4 is 20.1 Å². The summed E-state index contributed by atoms with van der Waals surface area (Å²) < 4.78 is 10.7. The fourth-order valence-corrected chi connectivity index (χ4v) is 2.29. The topological polar surface area (TPSA) is 59.6 Å². The molecular weight excluding hydrogens is 304 g/mol. The van der Waals surface area contributed by atoms with E-state index in [1.54, 1.807) is 7.11 Å². The molecule has 2 rings (SSSR count). The molecule has 0 atom stereocenters. The highest BCUT2D eigenvalue weighted by Crippen LogP contribution is 2.17. The summed E-state index contributed by atoms with van der Waals surface area (Å²) in [5.41, 5.74) is 1.93. The van der Waals surface area contributed by atoms with Crippen LogP contribution in [-0.2, 0) is 11.3 Å². The summed E-state index contributed by atoms with van der Waals surface area (Å²) in [6, 6.07) is 15.4. The maximum absolute atomic E-state index is 11.9. The number of benzene rings is 2. The Labute approximate surface area is 143 Å². The first-order valence-electron chi connectivity index (χ1n) is 8.08. The number of hydrogen-bond acceptors (Lipinski definition) is 4. The van der Waals surface area contributed by atoms with Gasteiger partial charge in [0.1, 0.15) is 11.5 Å². The lowest BCUT2D eigenvalue weighted by molar-refractivity contribution is -0.121. The Morgan fingerprint density at radius 1 is 1.08 bits per heavy atom. The van der Waals surface area contributed by atoms with Crippen molar-refractivity contribution in [3.63, 3.8) is 0 Å². The van der Waals surface area contributed by atoms with Crippen molar-refractivity contribution in [2.75, 3.05) is 25.6 Å². The summed E-state index contributed by atoms with van der Waals surface area (Å²) >= 11 is 0. The molecule has 1 amide bonds. The molecule has 0 aromatic heterocycles. The van der Waals surface area contributed by atoms with Gasteiger partial charge in [-0.05, 0) is 37.3 Å². The van der Waals surface area contributed by atoms with Crippen LogP contribution in [0.5, 0.6) is 11.5 Å². The highest BCUT2D eigenvalue weighted by molar-refractivity contribution is 5.76. The second kappa shape index (κ2) is 9.45. The number of nitrogens with one attached hydrogen (secondary N) is 2. The Bertz CT molecular complexity index is 641. The fraction of sp³-hybridized carbons (Fsp3) is 0.316. The SMILES string of the molecule is CCOc1ccc(NCCC(=O)NCc2ccccc2OC)cc1. The predicted octanol–water partition coefficient (Wildman–Crippen LogP) is 3.21. The Morgan fingerprint density at radius 3 is 2.54 bits per heavy atom. The molecule has 0 aliphatic rings. The maximum atomic E-state index is 11.9. The van der Waals surface area contributed by atoms with Crippen LogP contribution in [0.1, 0.15) is 18.9 Å². The van der Waals surface area contributed by atoms with E-state index in [0.717, 1.165) is 22.7 Å². The molecule has 0 aliphatic carbocycles. The highest BCUT2D eigenvalue weighted by atomic mass is 16.5. The molecule has 5 nitrogen and oxygen atoms in total. The van der Waals surface area contributed by atoms with Crippen LogP contribution >= 0.6 is 0 Å². The first kappa shape index (κ1) is 17.7. The first-order valence-corrected chi connectivity index (χ1v) is 8.08. The van der Waals surface area contributed by atoms with Crippen molar-refractivity contribution >= 4 is 11.6 Å². The number of carbonyl (C=O) groups excluding carboxylic acids is 1. The lowest BCUT2D eigenvalue weighted by Crippen LogP contribution is -2.25. The first-order chi connectivity index (χ1) is 11.7. The van der Waals surface area contributed by atoms with E-state index in [0.29, 0.717) is 26.1 Å². The van der Waals surface area contributed by atoms with Gasteiger partial charge in [0, 0.05) is 30.8 Å². The molecular formula is C19H24N2O3. The third kappa shape index (κ3) is 5.50. The van der Waals surface area contributed by atoms with Gasteiger partial charge in [-0.15, -0.1) is 0 Å². The molecule has 0 unspecified atom stereocenters. The number of methoxy groups -OCH3 is 1. The van der Waals surface area contributed by atoms with Crippen molar-refractivity contribution < 1.29 is 14.3 Å². The van der Waals surface area contributed by atoms with Crippen LogP contribution in [0.3, 0.4) is 0 Å². The van der Waals surface area contributed by atoms with Gasteiger partial charge in [0.25, 0.3) is 0 Å². The van der Waals surface area contributed by atoms with Crippen molar-refractivity contribution in [1.29, 1.82) is 0 Å². The van der Waals surface area contributed by atoms with Gasteiger partial charge in [-0.2, -0.15) is 0 Å². The zero-order valence-electron chi connectivity index (χ0n) is 14.2. The summed E-state index contributed by atoms with van der Waals surface area (Å²) in [7, 11) is 1.63. The van der Waals surface area contributed by atoms with Crippen molar-refractivity contribution in [3.8, 4) is 11.5 Å². The Balaban J connectivity index is 1.71. The molecule has 0 heterocycles. The molecule has 5 heteroatoms. The standard InChI is InChI=1S/C19H24N2O3/c1-3-24-17-10-8-16(9-11-17)20-13-12-19(22)21-14-15-6-4-5-7-18(15)23-2/h4-11,20H,3,12-14H2,1-2H3,(H,21,22). The van der Waals surface area contributed by atoms with Gasteiger partial charge in [-0.3, -0.25) is 4.79 Å². The summed E-state index contributed by atoms with van der Waals surface area (Å²) in [6.45, 7) is 3.65. The van der Waals surface area contributed by atoms with E-state index in [2.05, 4.69) is 10.6 Å². The molecule has 0 saturated carbocycles. The summed E-state index contributed by atoms with van der Waals surface area (Å²) in [6.07, 6.45) is 0.405. The molecule has 0 fully saturated rings. The van der Waals surface area contributed by atoms with Crippen LogP contribution in [-0.4, -0.2) is 26.2 Å². The fourth-order valence-electron chi connectivity index (χ4n) is 2.29. The number of ether oxygens (including phenoxy) is 2. The quantitative estimate of drug-likeness (QED) is 0.742. The third-order valence-corrected chi connectivity index (χ3v) is 3.52.